The number of fused-ring (bicyclic) bond motifs is 1. The molecule has 2 aliphatic rings. The van der Waals surface area contributed by atoms with Crippen LogP contribution in [0.15, 0.2) is 12.1 Å². The van der Waals surface area contributed by atoms with Crippen LogP contribution in [-0.2, 0) is 4.79 Å². The zero-order valence-corrected chi connectivity index (χ0v) is 12.1. The summed E-state index contributed by atoms with van der Waals surface area (Å²) in [6, 6.07) is 3.13. The molecule has 1 aromatic carbocycles. The second kappa shape index (κ2) is 5.47. The number of hydrogen-bond donors (Lipinski definition) is 1. The Morgan fingerprint density at radius 3 is 2.62 bits per heavy atom. The van der Waals surface area contributed by atoms with Gasteiger partial charge in [0.25, 0.3) is 11.7 Å². The number of halogens is 1. The van der Waals surface area contributed by atoms with Gasteiger partial charge in [-0.25, -0.2) is 4.39 Å². The number of ketones is 1. The fourth-order valence-electron chi connectivity index (χ4n) is 3.39. The van der Waals surface area contributed by atoms with Crippen LogP contribution in [0.25, 0.3) is 0 Å². The first kappa shape index (κ1) is 14.0. The summed E-state index contributed by atoms with van der Waals surface area (Å²) in [7, 11) is 0. The van der Waals surface area contributed by atoms with Crippen molar-refractivity contribution in [1.82, 2.24) is 0 Å². The Morgan fingerprint density at radius 1 is 1.24 bits per heavy atom. The summed E-state index contributed by atoms with van der Waals surface area (Å²) in [6.45, 7) is 2.72. The van der Waals surface area contributed by atoms with Gasteiger partial charge >= 0.3 is 0 Å². The third-order valence-electron chi connectivity index (χ3n) is 4.45. The average Bonchev–Trinajstić information content (AvgIpc) is 2.76. The maximum atomic E-state index is 14.4. The quantitative estimate of drug-likeness (QED) is 0.870. The highest BCUT2D eigenvalue weighted by molar-refractivity contribution is 6.51. The fraction of sp³-hybridized carbons (Fsp3) is 0.500. The van der Waals surface area contributed by atoms with Crippen LogP contribution in [0.3, 0.4) is 0 Å². The molecule has 1 aliphatic heterocycles. The number of nitrogens with one attached hydrogen (secondary N) is 1. The van der Waals surface area contributed by atoms with Crippen LogP contribution in [0.2, 0.25) is 0 Å². The zero-order chi connectivity index (χ0) is 15.0. The van der Waals surface area contributed by atoms with Crippen molar-refractivity contribution < 1.29 is 14.0 Å². The number of nitrogens with zero attached hydrogens (tertiary/aromatic N) is 1. The van der Waals surface area contributed by atoms with Crippen LogP contribution in [-0.4, -0.2) is 24.3 Å². The van der Waals surface area contributed by atoms with Crippen molar-refractivity contribution in [2.24, 2.45) is 0 Å². The Morgan fingerprint density at radius 2 is 1.95 bits per heavy atom. The monoisotopic (exact) mass is 290 g/mol. The van der Waals surface area contributed by atoms with Crippen LogP contribution >= 0.6 is 0 Å². The first-order valence-electron chi connectivity index (χ1n) is 7.57. The molecule has 1 N–H and O–H groups in total. The number of rotatable bonds is 3. The summed E-state index contributed by atoms with van der Waals surface area (Å²) in [5.74, 6) is -1.76. The first-order valence-corrected chi connectivity index (χ1v) is 7.57. The van der Waals surface area contributed by atoms with Crippen molar-refractivity contribution in [3.63, 3.8) is 0 Å². The predicted molar refractivity (Wildman–Crippen MR) is 79.3 cm³/mol. The van der Waals surface area contributed by atoms with E-state index in [2.05, 4.69) is 10.2 Å². The second-order valence-corrected chi connectivity index (χ2v) is 5.71. The lowest BCUT2D eigenvalue weighted by atomic mass is 9.93. The summed E-state index contributed by atoms with van der Waals surface area (Å²) >= 11 is 0. The Kier molecular flexibility index (Phi) is 3.66. The second-order valence-electron chi connectivity index (χ2n) is 5.71. The van der Waals surface area contributed by atoms with Gasteiger partial charge in [-0.1, -0.05) is 19.3 Å². The lowest BCUT2D eigenvalue weighted by Gasteiger charge is -2.35. The summed E-state index contributed by atoms with van der Waals surface area (Å²) in [6.07, 6.45) is 5.71. The molecule has 0 saturated heterocycles. The van der Waals surface area contributed by atoms with Gasteiger partial charge in [0, 0.05) is 12.6 Å². The number of Topliss-reactive ketones (excluding diaryl/α,β-unsaturated/α-hetero) is 1. The Bertz CT molecular complexity index is 594. The number of amides is 1. The standard InChI is InChI=1S/C16H19FN2O2/c1-2-19(10-6-4-3-5-7-10)14-9-13-11(8-12(14)17)15(20)16(21)18-13/h8-10H,2-7H2,1H3,(H,18,20,21). The van der Waals surface area contributed by atoms with Gasteiger partial charge in [0.2, 0.25) is 0 Å². The van der Waals surface area contributed by atoms with E-state index < -0.39 is 17.5 Å². The summed E-state index contributed by atoms with van der Waals surface area (Å²) in [5.41, 5.74) is 1.05. The van der Waals surface area contributed by atoms with Gasteiger partial charge in [-0.15, -0.1) is 0 Å². The maximum Gasteiger partial charge on any atom is 0.296 e. The number of benzene rings is 1. The molecule has 4 nitrogen and oxygen atoms in total. The molecule has 5 heteroatoms. The van der Waals surface area contributed by atoms with Crippen molar-refractivity contribution in [3.05, 3.63) is 23.5 Å². The molecule has 1 amide bonds. The van der Waals surface area contributed by atoms with E-state index >= 15 is 0 Å². The normalized spacial score (nSPS) is 18.6. The van der Waals surface area contributed by atoms with Crippen LogP contribution in [0.4, 0.5) is 15.8 Å². The zero-order valence-electron chi connectivity index (χ0n) is 12.1. The van der Waals surface area contributed by atoms with Crippen LogP contribution in [0.5, 0.6) is 0 Å². The molecule has 0 aromatic heterocycles. The summed E-state index contributed by atoms with van der Waals surface area (Å²) in [5, 5.41) is 2.51. The average molecular weight is 290 g/mol. The van der Waals surface area contributed by atoms with E-state index in [0.717, 1.165) is 12.8 Å². The minimum atomic E-state index is -0.678. The molecule has 1 saturated carbocycles. The predicted octanol–water partition coefficient (Wildman–Crippen LogP) is 3.12. The van der Waals surface area contributed by atoms with Crippen molar-refractivity contribution in [2.75, 3.05) is 16.8 Å². The van der Waals surface area contributed by atoms with Gasteiger partial charge in [0.05, 0.1) is 16.9 Å². The topological polar surface area (TPSA) is 49.4 Å². The minimum absolute atomic E-state index is 0.140. The van der Waals surface area contributed by atoms with E-state index in [4.69, 9.17) is 0 Å². The van der Waals surface area contributed by atoms with Gasteiger partial charge in [-0.05, 0) is 31.9 Å². The van der Waals surface area contributed by atoms with Crippen LogP contribution in [0, 0.1) is 5.82 Å². The molecule has 1 heterocycles. The highest BCUT2D eigenvalue weighted by atomic mass is 19.1. The fourth-order valence-corrected chi connectivity index (χ4v) is 3.39. The minimum Gasteiger partial charge on any atom is -0.366 e. The molecule has 1 fully saturated rings. The smallest absolute Gasteiger partial charge is 0.296 e. The van der Waals surface area contributed by atoms with E-state index in [1.165, 1.54) is 25.3 Å². The first-order chi connectivity index (χ1) is 10.1. The van der Waals surface area contributed by atoms with Crippen molar-refractivity contribution >= 4 is 23.1 Å². The SMILES string of the molecule is CCN(c1cc2c(cc1F)C(=O)C(=O)N2)C1CCCCC1. The highest BCUT2D eigenvalue weighted by Gasteiger charge is 2.31. The molecule has 3 rings (SSSR count). The molecule has 21 heavy (non-hydrogen) atoms. The molecule has 1 aliphatic carbocycles. The number of carbonyl (C=O) groups excluding carboxylic acids is 2. The van der Waals surface area contributed by atoms with Gasteiger partial charge in [0.15, 0.2) is 0 Å². The van der Waals surface area contributed by atoms with Gasteiger partial charge in [-0.3, -0.25) is 9.59 Å². The van der Waals surface area contributed by atoms with E-state index in [1.54, 1.807) is 6.07 Å². The van der Waals surface area contributed by atoms with Gasteiger partial charge in [0.1, 0.15) is 5.82 Å². The molecule has 0 bridgehead atoms. The molecular weight excluding hydrogens is 271 g/mol. The van der Waals surface area contributed by atoms with Gasteiger partial charge < -0.3 is 10.2 Å². The Balaban J connectivity index is 1.96. The molecule has 1 aromatic rings. The molecule has 0 atom stereocenters. The van der Waals surface area contributed by atoms with E-state index in [1.807, 2.05) is 6.92 Å². The van der Waals surface area contributed by atoms with Crippen LogP contribution in [0.1, 0.15) is 49.4 Å². The van der Waals surface area contributed by atoms with Crippen molar-refractivity contribution in [1.29, 1.82) is 0 Å². The molecule has 0 radical (unpaired) electrons. The highest BCUT2D eigenvalue weighted by Crippen LogP contribution is 2.34. The largest absolute Gasteiger partial charge is 0.366 e. The summed E-state index contributed by atoms with van der Waals surface area (Å²) < 4.78 is 14.4. The molecule has 0 spiro atoms. The van der Waals surface area contributed by atoms with E-state index in [9.17, 15) is 14.0 Å². The Labute approximate surface area is 123 Å². The molecule has 0 unspecified atom stereocenters. The lowest BCUT2D eigenvalue weighted by molar-refractivity contribution is -0.112. The number of hydrogen-bond acceptors (Lipinski definition) is 3. The van der Waals surface area contributed by atoms with Crippen molar-refractivity contribution in [3.8, 4) is 0 Å². The molecular formula is C16H19FN2O2. The van der Waals surface area contributed by atoms with E-state index in [-0.39, 0.29) is 5.56 Å². The summed E-state index contributed by atoms with van der Waals surface area (Å²) in [4.78, 5) is 25.1. The lowest BCUT2D eigenvalue weighted by Crippen LogP contribution is -2.37. The van der Waals surface area contributed by atoms with E-state index in [0.29, 0.717) is 24.0 Å². The van der Waals surface area contributed by atoms with Gasteiger partial charge in [-0.2, -0.15) is 0 Å². The molecule has 112 valence electrons. The maximum absolute atomic E-state index is 14.4. The van der Waals surface area contributed by atoms with Crippen LogP contribution < -0.4 is 10.2 Å². The number of anilines is 2. The number of carbonyl (C=O) groups is 2. The third kappa shape index (κ3) is 2.41. The van der Waals surface area contributed by atoms with Crippen molar-refractivity contribution in [2.45, 2.75) is 45.1 Å². The third-order valence-corrected chi connectivity index (χ3v) is 4.45. The Hall–Kier alpha value is -1.91.